The summed E-state index contributed by atoms with van der Waals surface area (Å²) in [5, 5.41) is 0. The number of rotatable bonds is 7. The number of thiazole rings is 1. The highest BCUT2D eigenvalue weighted by Gasteiger charge is 2.30. The zero-order valence-electron chi connectivity index (χ0n) is 19.6. The number of fused-ring (bicyclic) bond motifs is 2. The molecule has 0 spiro atoms. The lowest BCUT2D eigenvalue weighted by atomic mass is 10.2. The highest BCUT2D eigenvalue weighted by molar-refractivity contribution is 7.92. The molecule has 4 aromatic rings. The number of carbonyl (C=O) groups is 1. The molecule has 1 aromatic heterocycles. The fourth-order valence-electron chi connectivity index (χ4n) is 4.25. The number of halogens is 1. The number of hydrogen-bond donors (Lipinski definition) is 0. The molecule has 0 radical (unpaired) electrons. The molecule has 0 atom stereocenters. The third kappa shape index (κ3) is 4.59. The Morgan fingerprint density at radius 2 is 1.89 bits per heavy atom. The average Bonchev–Trinajstić information content (AvgIpc) is 3.46. The third-order valence-electron chi connectivity index (χ3n) is 6.04. The van der Waals surface area contributed by atoms with Gasteiger partial charge in [0.25, 0.3) is 15.9 Å². The number of amides is 1. The molecule has 0 N–H and O–H groups in total. The third-order valence-corrected chi connectivity index (χ3v) is 8.91. The Hall–Kier alpha value is -3.34. The molecule has 36 heavy (non-hydrogen) atoms. The largest absolute Gasteiger partial charge is 0.380 e. The Kier molecular flexibility index (Phi) is 6.74. The van der Waals surface area contributed by atoms with E-state index in [0.717, 1.165) is 11.1 Å². The van der Waals surface area contributed by atoms with Gasteiger partial charge >= 0.3 is 0 Å². The molecule has 5 rings (SSSR count). The predicted molar refractivity (Wildman–Crippen MR) is 137 cm³/mol. The van der Waals surface area contributed by atoms with Gasteiger partial charge in [-0.3, -0.25) is 9.10 Å². The molecule has 1 aliphatic heterocycles. The van der Waals surface area contributed by atoms with Crippen molar-refractivity contribution in [3.63, 3.8) is 0 Å². The molecule has 2 heterocycles. The van der Waals surface area contributed by atoms with Gasteiger partial charge in [-0.25, -0.2) is 12.8 Å². The van der Waals surface area contributed by atoms with Crippen LogP contribution in [0.2, 0.25) is 0 Å². The van der Waals surface area contributed by atoms with Crippen molar-refractivity contribution in [2.75, 3.05) is 24.1 Å². The molecule has 0 unspecified atom stereocenters. The van der Waals surface area contributed by atoms with Gasteiger partial charge in [0.05, 0.1) is 27.4 Å². The summed E-state index contributed by atoms with van der Waals surface area (Å²) in [5.41, 5.74) is 2.70. The minimum atomic E-state index is -3.75. The molecule has 10 heteroatoms. The monoisotopic (exact) mass is 525 g/mol. The SMILES string of the molecule is CCOCCn1c(=NC(=O)c2ccc(S(=O)(=O)N3CCc4ccccc43)cc2)sc2cc(F)ccc21. The van der Waals surface area contributed by atoms with Crippen LogP contribution in [-0.2, 0) is 27.7 Å². The minimum Gasteiger partial charge on any atom is -0.380 e. The van der Waals surface area contributed by atoms with Gasteiger partial charge in [0, 0.05) is 25.3 Å². The molecule has 0 aliphatic carbocycles. The number of carbonyl (C=O) groups excluding carboxylic acids is 1. The lowest BCUT2D eigenvalue weighted by Gasteiger charge is -2.19. The topological polar surface area (TPSA) is 81.0 Å². The van der Waals surface area contributed by atoms with Crippen LogP contribution in [-0.4, -0.2) is 38.7 Å². The summed E-state index contributed by atoms with van der Waals surface area (Å²) in [6.45, 7) is 3.72. The fourth-order valence-corrected chi connectivity index (χ4v) is 6.84. The van der Waals surface area contributed by atoms with E-state index in [4.69, 9.17) is 4.74 Å². The van der Waals surface area contributed by atoms with Crippen molar-refractivity contribution in [2.24, 2.45) is 4.99 Å². The second kappa shape index (κ2) is 9.96. The van der Waals surface area contributed by atoms with Gasteiger partial charge in [-0.15, -0.1) is 0 Å². The van der Waals surface area contributed by atoms with Crippen molar-refractivity contribution in [1.29, 1.82) is 0 Å². The van der Waals surface area contributed by atoms with Crippen LogP contribution in [0, 0.1) is 5.82 Å². The number of hydrogen-bond acceptors (Lipinski definition) is 5. The molecule has 0 saturated carbocycles. The van der Waals surface area contributed by atoms with Crippen molar-refractivity contribution < 1.29 is 22.3 Å². The van der Waals surface area contributed by atoms with Crippen LogP contribution in [0.4, 0.5) is 10.1 Å². The Morgan fingerprint density at radius 3 is 2.67 bits per heavy atom. The van der Waals surface area contributed by atoms with Gasteiger partial charge in [0.1, 0.15) is 5.82 Å². The molecule has 0 saturated heterocycles. The van der Waals surface area contributed by atoms with Crippen LogP contribution in [0.15, 0.2) is 76.6 Å². The zero-order valence-corrected chi connectivity index (χ0v) is 21.2. The second-order valence-corrected chi connectivity index (χ2v) is 11.1. The number of nitrogens with zero attached hydrogens (tertiary/aromatic N) is 3. The van der Waals surface area contributed by atoms with Crippen LogP contribution in [0.3, 0.4) is 0 Å². The van der Waals surface area contributed by atoms with E-state index in [1.807, 2.05) is 29.7 Å². The number of aromatic nitrogens is 1. The zero-order chi connectivity index (χ0) is 25.3. The van der Waals surface area contributed by atoms with E-state index in [2.05, 4.69) is 4.99 Å². The number of sulfonamides is 1. The maximum absolute atomic E-state index is 13.8. The van der Waals surface area contributed by atoms with Crippen molar-refractivity contribution in [2.45, 2.75) is 24.8 Å². The van der Waals surface area contributed by atoms with Gasteiger partial charge in [-0.1, -0.05) is 29.5 Å². The first-order valence-electron chi connectivity index (χ1n) is 11.5. The summed E-state index contributed by atoms with van der Waals surface area (Å²) < 4.78 is 49.6. The molecule has 3 aromatic carbocycles. The van der Waals surface area contributed by atoms with E-state index >= 15 is 0 Å². The maximum atomic E-state index is 13.8. The smallest absolute Gasteiger partial charge is 0.279 e. The van der Waals surface area contributed by atoms with E-state index in [9.17, 15) is 17.6 Å². The van der Waals surface area contributed by atoms with E-state index in [-0.39, 0.29) is 16.3 Å². The van der Waals surface area contributed by atoms with Crippen LogP contribution in [0.25, 0.3) is 10.2 Å². The molecule has 0 bridgehead atoms. The standard InChI is InChI=1S/C26H24FN3O4S2/c1-2-34-16-15-29-23-12-9-20(27)17-24(23)35-26(29)28-25(31)19-7-10-21(11-8-19)36(32,33)30-14-13-18-5-3-4-6-22(18)30/h3-12,17H,2,13-16H2,1H3. The maximum Gasteiger partial charge on any atom is 0.279 e. The van der Waals surface area contributed by atoms with Crippen LogP contribution in [0.1, 0.15) is 22.8 Å². The molecule has 1 aliphatic rings. The summed E-state index contributed by atoms with van der Waals surface area (Å²) in [6.07, 6.45) is 0.660. The van der Waals surface area contributed by atoms with Gasteiger partial charge < -0.3 is 9.30 Å². The number of anilines is 1. The normalized spacial score (nSPS) is 13.9. The minimum absolute atomic E-state index is 0.111. The summed E-state index contributed by atoms with van der Waals surface area (Å²) in [5.74, 6) is -0.876. The van der Waals surface area contributed by atoms with E-state index in [1.165, 1.54) is 52.0 Å². The van der Waals surface area contributed by atoms with Gasteiger partial charge in [-0.2, -0.15) is 4.99 Å². The highest BCUT2D eigenvalue weighted by atomic mass is 32.2. The molecular formula is C26H24FN3O4S2. The predicted octanol–water partition coefficient (Wildman–Crippen LogP) is 4.37. The van der Waals surface area contributed by atoms with Crippen LogP contribution in [0.5, 0.6) is 0 Å². The number of ether oxygens (including phenoxy) is 1. The number of benzene rings is 3. The first-order chi connectivity index (χ1) is 17.4. The average molecular weight is 526 g/mol. The lowest BCUT2D eigenvalue weighted by molar-refractivity contribution is 0.0996. The summed E-state index contributed by atoms with van der Waals surface area (Å²) >= 11 is 1.21. The quantitative estimate of drug-likeness (QED) is 0.336. The van der Waals surface area contributed by atoms with Crippen LogP contribution >= 0.6 is 11.3 Å². The van der Waals surface area contributed by atoms with E-state index in [0.29, 0.717) is 47.9 Å². The van der Waals surface area contributed by atoms with E-state index < -0.39 is 15.9 Å². The Balaban J connectivity index is 1.44. The Bertz CT molecular complexity index is 1610. The summed E-state index contributed by atoms with van der Waals surface area (Å²) in [4.78, 5) is 17.8. The first-order valence-corrected chi connectivity index (χ1v) is 13.8. The van der Waals surface area contributed by atoms with Crippen molar-refractivity contribution in [3.05, 3.63) is 88.5 Å². The Labute approximate surface area is 212 Å². The molecule has 1 amide bonds. The Morgan fingerprint density at radius 1 is 1.11 bits per heavy atom. The van der Waals surface area contributed by atoms with Crippen molar-refractivity contribution in [3.8, 4) is 0 Å². The van der Waals surface area contributed by atoms with Crippen LogP contribution < -0.4 is 9.11 Å². The molecule has 7 nitrogen and oxygen atoms in total. The fraction of sp³-hybridized carbons (Fsp3) is 0.231. The second-order valence-electron chi connectivity index (χ2n) is 8.24. The molecule has 186 valence electrons. The van der Waals surface area contributed by atoms with Gasteiger partial charge in [0.2, 0.25) is 0 Å². The summed E-state index contributed by atoms with van der Waals surface area (Å²) in [6, 6.07) is 17.7. The lowest BCUT2D eigenvalue weighted by Crippen LogP contribution is -2.29. The first kappa shape index (κ1) is 24.4. The van der Waals surface area contributed by atoms with Gasteiger partial charge in [-0.05, 0) is 67.4 Å². The molecule has 0 fully saturated rings. The van der Waals surface area contributed by atoms with Gasteiger partial charge in [0.15, 0.2) is 4.80 Å². The van der Waals surface area contributed by atoms with Crippen molar-refractivity contribution >= 4 is 43.2 Å². The highest BCUT2D eigenvalue weighted by Crippen LogP contribution is 2.32. The number of para-hydroxylation sites is 1. The van der Waals surface area contributed by atoms with Crippen molar-refractivity contribution in [1.82, 2.24) is 4.57 Å². The molecular weight excluding hydrogens is 501 g/mol. The summed E-state index contributed by atoms with van der Waals surface area (Å²) in [7, 11) is -3.75. The van der Waals surface area contributed by atoms with E-state index in [1.54, 1.807) is 12.1 Å².